The maximum absolute atomic E-state index is 14.1. The Morgan fingerprint density at radius 3 is 2.62 bits per heavy atom. The van der Waals surface area contributed by atoms with Crippen LogP contribution in [0.2, 0.25) is 0 Å². The standard InChI is InChI=1S/C25H29FN8O3/c1-25(2,3)20-11-22(33-37-20)30-18-10-21(29-14-4-6-15(35)7-5-14)32-34-19(13-28-23(18)34)24(36)31-17-8-9-27-12-16(17)26/h8-15,35H,4-7H2,1-3H3,(H,29,32)(H,30,33)(H,27,31,36). The van der Waals surface area contributed by atoms with E-state index in [4.69, 9.17) is 4.52 Å². The minimum atomic E-state index is -0.650. The monoisotopic (exact) mass is 508 g/mol. The maximum Gasteiger partial charge on any atom is 0.276 e. The minimum Gasteiger partial charge on any atom is -0.393 e. The third-order valence-corrected chi connectivity index (χ3v) is 6.28. The molecule has 11 nitrogen and oxygen atoms in total. The van der Waals surface area contributed by atoms with Gasteiger partial charge in [0, 0.05) is 29.8 Å². The van der Waals surface area contributed by atoms with Crippen molar-refractivity contribution in [1.29, 1.82) is 0 Å². The van der Waals surface area contributed by atoms with Gasteiger partial charge in [-0.15, -0.1) is 5.10 Å². The molecule has 12 heteroatoms. The van der Waals surface area contributed by atoms with E-state index in [0.717, 1.165) is 19.0 Å². The van der Waals surface area contributed by atoms with Gasteiger partial charge in [0.15, 0.2) is 23.0 Å². The first-order chi connectivity index (χ1) is 17.7. The highest BCUT2D eigenvalue weighted by Gasteiger charge is 2.24. The summed E-state index contributed by atoms with van der Waals surface area (Å²) >= 11 is 0. The lowest BCUT2D eigenvalue weighted by Gasteiger charge is -2.26. The van der Waals surface area contributed by atoms with Crippen molar-refractivity contribution in [3.63, 3.8) is 0 Å². The van der Waals surface area contributed by atoms with Crippen LogP contribution in [0.25, 0.3) is 5.65 Å². The third-order valence-electron chi connectivity index (χ3n) is 6.28. The van der Waals surface area contributed by atoms with Crippen LogP contribution in [0, 0.1) is 5.82 Å². The first-order valence-electron chi connectivity index (χ1n) is 12.2. The number of pyridine rings is 1. The fourth-order valence-electron chi connectivity index (χ4n) is 4.20. The molecule has 5 rings (SSSR count). The van der Waals surface area contributed by atoms with Gasteiger partial charge < -0.3 is 25.6 Å². The quantitative estimate of drug-likeness (QED) is 0.300. The molecule has 1 saturated carbocycles. The highest BCUT2D eigenvalue weighted by Crippen LogP contribution is 2.29. The number of anilines is 4. The number of aromatic nitrogens is 5. The summed E-state index contributed by atoms with van der Waals surface area (Å²) in [5.74, 6) is 0.477. The number of hydrogen-bond donors (Lipinski definition) is 4. The Bertz CT molecular complexity index is 1420. The van der Waals surface area contributed by atoms with Crippen LogP contribution in [-0.4, -0.2) is 47.9 Å². The molecule has 0 radical (unpaired) electrons. The number of fused-ring (bicyclic) bond motifs is 1. The SMILES string of the molecule is CC(C)(C)c1cc(Nc2cc(NC3CCC(O)CC3)nn3c(C(=O)Nc4ccncc4F)cnc23)no1. The Morgan fingerprint density at radius 1 is 1.14 bits per heavy atom. The smallest absolute Gasteiger partial charge is 0.276 e. The van der Waals surface area contributed by atoms with Crippen molar-refractivity contribution >= 4 is 34.6 Å². The number of nitrogens with one attached hydrogen (secondary N) is 3. The second-order valence-electron chi connectivity index (χ2n) is 10.2. The minimum absolute atomic E-state index is 0.000600. The number of halogens is 1. The second kappa shape index (κ2) is 9.77. The molecular weight excluding hydrogens is 479 g/mol. The lowest BCUT2D eigenvalue weighted by molar-refractivity contribution is 0.101. The summed E-state index contributed by atoms with van der Waals surface area (Å²) < 4.78 is 21.0. The van der Waals surface area contributed by atoms with Crippen LogP contribution in [-0.2, 0) is 5.41 Å². The number of aliphatic hydroxyl groups excluding tert-OH is 1. The third kappa shape index (κ3) is 5.38. The molecule has 4 N–H and O–H groups in total. The zero-order chi connectivity index (χ0) is 26.2. The summed E-state index contributed by atoms with van der Waals surface area (Å²) in [5, 5.41) is 27.8. The van der Waals surface area contributed by atoms with E-state index in [0.29, 0.717) is 41.6 Å². The molecule has 0 aromatic carbocycles. The Balaban J connectivity index is 1.50. The van der Waals surface area contributed by atoms with Crippen LogP contribution in [0.1, 0.15) is 62.7 Å². The van der Waals surface area contributed by atoms with Gasteiger partial charge in [-0.25, -0.2) is 13.9 Å². The van der Waals surface area contributed by atoms with Crippen molar-refractivity contribution in [3.8, 4) is 0 Å². The molecule has 1 aliphatic rings. The van der Waals surface area contributed by atoms with E-state index in [1.165, 1.54) is 23.0 Å². The van der Waals surface area contributed by atoms with Crippen LogP contribution in [0.3, 0.4) is 0 Å². The molecule has 0 saturated heterocycles. The zero-order valence-electron chi connectivity index (χ0n) is 20.8. The van der Waals surface area contributed by atoms with Crippen molar-refractivity contribution in [2.45, 2.75) is 64.0 Å². The topological polar surface area (TPSA) is 142 Å². The van der Waals surface area contributed by atoms with Gasteiger partial charge in [-0.05, 0) is 31.7 Å². The summed E-state index contributed by atoms with van der Waals surface area (Å²) in [6.07, 6.45) is 6.50. The number of rotatable bonds is 6. The maximum atomic E-state index is 14.1. The van der Waals surface area contributed by atoms with Gasteiger partial charge in [-0.3, -0.25) is 9.78 Å². The molecule has 0 aliphatic heterocycles. The highest BCUT2D eigenvalue weighted by molar-refractivity contribution is 6.03. The molecule has 1 aliphatic carbocycles. The molecule has 0 atom stereocenters. The number of nitrogens with zero attached hydrogens (tertiary/aromatic N) is 5. The van der Waals surface area contributed by atoms with Gasteiger partial charge in [0.25, 0.3) is 5.91 Å². The number of amides is 1. The summed E-state index contributed by atoms with van der Waals surface area (Å²) in [6.45, 7) is 6.07. The van der Waals surface area contributed by atoms with Crippen molar-refractivity contribution < 1.29 is 18.8 Å². The number of hydrogen-bond acceptors (Lipinski definition) is 9. The van der Waals surface area contributed by atoms with Gasteiger partial charge in [0.2, 0.25) is 0 Å². The lowest BCUT2D eigenvalue weighted by Crippen LogP contribution is -2.29. The predicted octanol–water partition coefficient (Wildman–Crippen LogP) is 4.26. The van der Waals surface area contributed by atoms with Gasteiger partial charge in [0.05, 0.1) is 29.9 Å². The molecule has 1 amide bonds. The van der Waals surface area contributed by atoms with Gasteiger partial charge in [-0.2, -0.15) is 0 Å². The Kier molecular flexibility index (Phi) is 6.50. The van der Waals surface area contributed by atoms with E-state index in [1.807, 2.05) is 26.8 Å². The van der Waals surface area contributed by atoms with E-state index in [2.05, 4.69) is 36.2 Å². The molecule has 0 spiro atoms. The Morgan fingerprint density at radius 2 is 1.92 bits per heavy atom. The fourth-order valence-corrected chi connectivity index (χ4v) is 4.20. The predicted molar refractivity (Wildman–Crippen MR) is 136 cm³/mol. The van der Waals surface area contributed by atoms with E-state index in [9.17, 15) is 14.3 Å². The summed E-state index contributed by atoms with van der Waals surface area (Å²) in [5.41, 5.74) is 0.828. The van der Waals surface area contributed by atoms with E-state index in [1.54, 1.807) is 6.07 Å². The van der Waals surface area contributed by atoms with Gasteiger partial charge in [-0.1, -0.05) is 25.9 Å². The van der Waals surface area contributed by atoms with E-state index in [-0.39, 0.29) is 28.9 Å². The van der Waals surface area contributed by atoms with E-state index < -0.39 is 11.7 Å². The summed E-state index contributed by atoms with van der Waals surface area (Å²) in [6, 6.07) is 5.10. The normalized spacial score (nSPS) is 18.1. The molecule has 4 heterocycles. The molecule has 194 valence electrons. The first-order valence-corrected chi connectivity index (χ1v) is 12.2. The van der Waals surface area contributed by atoms with Crippen molar-refractivity contribution in [2.24, 2.45) is 0 Å². The number of carbonyl (C=O) groups is 1. The molecule has 1 fully saturated rings. The van der Waals surface area contributed by atoms with Gasteiger partial charge >= 0.3 is 0 Å². The molecule has 0 unspecified atom stereocenters. The lowest BCUT2D eigenvalue weighted by atomic mass is 9.93. The van der Waals surface area contributed by atoms with Crippen molar-refractivity contribution in [3.05, 3.63) is 54.1 Å². The van der Waals surface area contributed by atoms with Crippen molar-refractivity contribution in [2.75, 3.05) is 16.0 Å². The van der Waals surface area contributed by atoms with Crippen LogP contribution in [0.5, 0.6) is 0 Å². The van der Waals surface area contributed by atoms with Crippen LogP contribution < -0.4 is 16.0 Å². The molecular formula is C25H29FN8O3. The largest absolute Gasteiger partial charge is 0.393 e. The fraction of sp³-hybridized carbons (Fsp3) is 0.400. The van der Waals surface area contributed by atoms with Gasteiger partial charge in [0.1, 0.15) is 11.6 Å². The second-order valence-corrected chi connectivity index (χ2v) is 10.2. The van der Waals surface area contributed by atoms with Crippen molar-refractivity contribution in [1.82, 2.24) is 24.7 Å². The highest BCUT2D eigenvalue weighted by atomic mass is 19.1. The zero-order valence-corrected chi connectivity index (χ0v) is 20.8. The molecule has 0 bridgehead atoms. The van der Waals surface area contributed by atoms with Crippen LogP contribution in [0.4, 0.5) is 27.4 Å². The average Bonchev–Trinajstić information content (AvgIpc) is 3.50. The first kappa shape index (κ1) is 24.6. The number of carbonyl (C=O) groups excluding carboxylic acids is 1. The van der Waals surface area contributed by atoms with E-state index >= 15 is 0 Å². The molecule has 4 aromatic rings. The Labute approximate surface area is 212 Å². The Hall–Kier alpha value is -4.06. The molecule has 37 heavy (non-hydrogen) atoms. The average molecular weight is 509 g/mol. The van der Waals surface area contributed by atoms with Crippen LogP contribution >= 0.6 is 0 Å². The van der Waals surface area contributed by atoms with Crippen LogP contribution in [0.15, 0.2) is 41.3 Å². The summed E-state index contributed by atoms with van der Waals surface area (Å²) in [7, 11) is 0. The summed E-state index contributed by atoms with van der Waals surface area (Å²) in [4.78, 5) is 21.2. The number of imidazole rings is 1. The molecule has 4 aromatic heterocycles. The number of aliphatic hydroxyl groups is 1.